The molecule has 112 valence electrons. The lowest BCUT2D eigenvalue weighted by atomic mass is 10.2. The molecule has 0 radical (unpaired) electrons. The number of ether oxygens (including phenoxy) is 1. The Morgan fingerprint density at radius 1 is 1.18 bits per heavy atom. The summed E-state index contributed by atoms with van der Waals surface area (Å²) in [6.07, 6.45) is 2.46. The van der Waals surface area contributed by atoms with Gasteiger partial charge in [0.2, 0.25) is 0 Å². The van der Waals surface area contributed by atoms with Gasteiger partial charge in [-0.3, -0.25) is 0 Å². The first-order valence-electron chi connectivity index (χ1n) is 7.71. The van der Waals surface area contributed by atoms with Crippen molar-refractivity contribution in [3.8, 4) is 16.3 Å². The predicted molar refractivity (Wildman–Crippen MR) is 91.6 cm³/mol. The summed E-state index contributed by atoms with van der Waals surface area (Å²) < 4.78 is 7.11. The molecule has 1 unspecified atom stereocenters. The molecule has 0 bridgehead atoms. The summed E-state index contributed by atoms with van der Waals surface area (Å²) in [7, 11) is 0. The Kier molecular flexibility index (Phi) is 3.79. The number of rotatable bonds is 4. The maximum atomic E-state index is 5.93. The SMILES string of the molecule is c1ccc(-c2nc3ccc(OCC4CCCN4)cc3s2)cc1. The normalized spacial score (nSPS) is 17.9. The number of hydrogen-bond acceptors (Lipinski definition) is 4. The highest BCUT2D eigenvalue weighted by molar-refractivity contribution is 7.21. The molecule has 0 amide bonds. The molecule has 1 aliphatic heterocycles. The summed E-state index contributed by atoms with van der Waals surface area (Å²) in [4.78, 5) is 4.71. The Bertz CT molecular complexity index is 763. The lowest BCUT2D eigenvalue weighted by molar-refractivity contribution is 0.277. The number of thiazole rings is 1. The summed E-state index contributed by atoms with van der Waals surface area (Å²) in [6.45, 7) is 1.86. The monoisotopic (exact) mass is 310 g/mol. The second kappa shape index (κ2) is 6.07. The van der Waals surface area contributed by atoms with Crippen LogP contribution in [-0.4, -0.2) is 24.2 Å². The van der Waals surface area contributed by atoms with Crippen molar-refractivity contribution < 1.29 is 4.74 Å². The van der Waals surface area contributed by atoms with E-state index in [-0.39, 0.29) is 0 Å². The molecule has 4 heteroatoms. The van der Waals surface area contributed by atoms with Crippen LogP contribution in [0.1, 0.15) is 12.8 Å². The summed E-state index contributed by atoms with van der Waals surface area (Å²) in [6, 6.07) is 17.0. The molecule has 1 N–H and O–H groups in total. The van der Waals surface area contributed by atoms with Gasteiger partial charge in [0.25, 0.3) is 0 Å². The summed E-state index contributed by atoms with van der Waals surface area (Å²) in [5.74, 6) is 0.935. The van der Waals surface area contributed by atoms with Crippen molar-refractivity contribution in [1.29, 1.82) is 0 Å². The quantitative estimate of drug-likeness (QED) is 0.788. The number of nitrogens with one attached hydrogen (secondary N) is 1. The zero-order valence-electron chi connectivity index (χ0n) is 12.3. The fourth-order valence-corrected chi connectivity index (χ4v) is 3.79. The van der Waals surface area contributed by atoms with Gasteiger partial charge in [-0.2, -0.15) is 0 Å². The van der Waals surface area contributed by atoms with Gasteiger partial charge in [-0.25, -0.2) is 4.98 Å². The molecule has 1 aliphatic rings. The molecule has 3 nitrogen and oxygen atoms in total. The largest absolute Gasteiger partial charge is 0.492 e. The Labute approximate surface area is 134 Å². The third-order valence-electron chi connectivity index (χ3n) is 3.99. The van der Waals surface area contributed by atoms with Gasteiger partial charge in [0.05, 0.1) is 10.2 Å². The average molecular weight is 310 g/mol. The van der Waals surface area contributed by atoms with Crippen LogP contribution in [0.4, 0.5) is 0 Å². The number of hydrogen-bond donors (Lipinski definition) is 1. The lowest BCUT2D eigenvalue weighted by Crippen LogP contribution is -2.28. The molecule has 2 heterocycles. The highest BCUT2D eigenvalue weighted by Gasteiger charge is 2.14. The fraction of sp³-hybridized carbons (Fsp3) is 0.278. The van der Waals surface area contributed by atoms with Crippen LogP contribution < -0.4 is 10.1 Å². The molecule has 0 saturated carbocycles. The third-order valence-corrected chi connectivity index (χ3v) is 5.06. The second-order valence-electron chi connectivity index (χ2n) is 5.62. The molecule has 0 spiro atoms. The number of aromatic nitrogens is 1. The van der Waals surface area contributed by atoms with Crippen LogP contribution in [0.2, 0.25) is 0 Å². The summed E-state index contributed by atoms with van der Waals surface area (Å²) in [5.41, 5.74) is 2.21. The minimum atomic E-state index is 0.497. The van der Waals surface area contributed by atoms with E-state index in [4.69, 9.17) is 9.72 Å². The van der Waals surface area contributed by atoms with Crippen molar-refractivity contribution >= 4 is 21.6 Å². The molecule has 22 heavy (non-hydrogen) atoms. The van der Waals surface area contributed by atoms with E-state index in [9.17, 15) is 0 Å². The Balaban J connectivity index is 1.55. The van der Waals surface area contributed by atoms with Gasteiger partial charge in [-0.15, -0.1) is 11.3 Å². The first kappa shape index (κ1) is 13.7. The van der Waals surface area contributed by atoms with Crippen LogP contribution in [-0.2, 0) is 0 Å². The van der Waals surface area contributed by atoms with E-state index in [2.05, 4.69) is 29.6 Å². The van der Waals surface area contributed by atoms with Crippen LogP contribution in [0.5, 0.6) is 5.75 Å². The van der Waals surface area contributed by atoms with Crippen molar-refractivity contribution in [2.75, 3.05) is 13.2 Å². The molecular weight excluding hydrogens is 292 g/mol. The zero-order chi connectivity index (χ0) is 14.8. The third kappa shape index (κ3) is 2.85. The van der Waals surface area contributed by atoms with E-state index in [0.29, 0.717) is 6.04 Å². The van der Waals surface area contributed by atoms with Crippen molar-refractivity contribution in [2.24, 2.45) is 0 Å². The molecule has 1 fully saturated rings. The number of fused-ring (bicyclic) bond motifs is 1. The molecule has 1 atom stereocenters. The van der Waals surface area contributed by atoms with Crippen LogP contribution in [0.25, 0.3) is 20.8 Å². The topological polar surface area (TPSA) is 34.1 Å². The average Bonchev–Trinajstić information content (AvgIpc) is 3.22. The van der Waals surface area contributed by atoms with Gasteiger partial charge in [-0.05, 0) is 37.6 Å². The predicted octanol–water partition coefficient (Wildman–Crippen LogP) is 4.09. The van der Waals surface area contributed by atoms with E-state index in [1.165, 1.54) is 23.1 Å². The van der Waals surface area contributed by atoms with Gasteiger partial charge in [0, 0.05) is 11.6 Å². The lowest BCUT2D eigenvalue weighted by Gasteiger charge is -2.11. The Morgan fingerprint density at radius 2 is 2.09 bits per heavy atom. The molecular formula is C18H18N2OS. The second-order valence-corrected chi connectivity index (χ2v) is 6.65. The van der Waals surface area contributed by atoms with Crippen molar-refractivity contribution in [1.82, 2.24) is 10.3 Å². The Morgan fingerprint density at radius 3 is 2.91 bits per heavy atom. The summed E-state index contributed by atoms with van der Waals surface area (Å²) >= 11 is 1.72. The molecule has 2 aromatic carbocycles. The molecule has 0 aliphatic carbocycles. The molecule has 4 rings (SSSR count). The van der Waals surface area contributed by atoms with Crippen LogP contribution in [0, 0.1) is 0 Å². The van der Waals surface area contributed by atoms with Gasteiger partial charge >= 0.3 is 0 Å². The maximum Gasteiger partial charge on any atom is 0.124 e. The van der Waals surface area contributed by atoms with E-state index < -0.39 is 0 Å². The van der Waals surface area contributed by atoms with E-state index in [1.807, 2.05) is 24.3 Å². The smallest absolute Gasteiger partial charge is 0.124 e. The number of benzene rings is 2. The first-order chi connectivity index (χ1) is 10.9. The van der Waals surface area contributed by atoms with Crippen LogP contribution in [0.15, 0.2) is 48.5 Å². The van der Waals surface area contributed by atoms with Crippen molar-refractivity contribution in [2.45, 2.75) is 18.9 Å². The molecule has 1 aromatic heterocycles. The molecule has 1 saturated heterocycles. The van der Waals surface area contributed by atoms with Gasteiger partial charge < -0.3 is 10.1 Å². The zero-order valence-corrected chi connectivity index (χ0v) is 13.1. The summed E-state index contributed by atoms with van der Waals surface area (Å²) in [5, 5.41) is 4.52. The van der Waals surface area contributed by atoms with Crippen LogP contribution in [0.3, 0.4) is 0 Å². The highest BCUT2D eigenvalue weighted by atomic mass is 32.1. The van der Waals surface area contributed by atoms with Gasteiger partial charge in [-0.1, -0.05) is 30.3 Å². The number of nitrogens with zero attached hydrogens (tertiary/aromatic N) is 1. The minimum absolute atomic E-state index is 0.497. The Hall–Kier alpha value is -1.91. The highest BCUT2D eigenvalue weighted by Crippen LogP contribution is 2.32. The van der Waals surface area contributed by atoms with Crippen LogP contribution >= 0.6 is 11.3 Å². The van der Waals surface area contributed by atoms with E-state index in [1.54, 1.807) is 11.3 Å². The van der Waals surface area contributed by atoms with Gasteiger partial charge in [0.15, 0.2) is 0 Å². The van der Waals surface area contributed by atoms with Crippen molar-refractivity contribution in [3.63, 3.8) is 0 Å². The fourth-order valence-electron chi connectivity index (χ4n) is 2.79. The van der Waals surface area contributed by atoms with Crippen molar-refractivity contribution in [3.05, 3.63) is 48.5 Å². The van der Waals surface area contributed by atoms with Gasteiger partial charge in [0.1, 0.15) is 17.4 Å². The minimum Gasteiger partial charge on any atom is -0.492 e. The molecule has 3 aromatic rings. The maximum absolute atomic E-state index is 5.93. The first-order valence-corrected chi connectivity index (χ1v) is 8.52. The van der Waals surface area contributed by atoms with E-state index >= 15 is 0 Å². The standard InChI is InChI=1S/C18H18N2OS/c1-2-5-13(6-3-1)18-20-16-9-8-15(11-17(16)22-18)21-12-14-7-4-10-19-14/h1-3,5-6,8-9,11,14,19H,4,7,10,12H2. The van der Waals surface area contributed by atoms with E-state index in [0.717, 1.165) is 29.4 Å².